The number of hydrogen-bond acceptors (Lipinski definition) is 5. The van der Waals surface area contributed by atoms with Crippen molar-refractivity contribution in [3.8, 4) is 11.3 Å². The summed E-state index contributed by atoms with van der Waals surface area (Å²) in [4.78, 5) is 9.74. The van der Waals surface area contributed by atoms with Gasteiger partial charge in [0.15, 0.2) is 0 Å². The fraction of sp³-hybridized carbons (Fsp3) is 0.292. The summed E-state index contributed by atoms with van der Waals surface area (Å²) in [6.07, 6.45) is 4.47. The molecule has 7 heteroatoms. The minimum absolute atomic E-state index is 0.0829. The molecule has 0 saturated carbocycles. The summed E-state index contributed by atoms with van der Waals surface area (Å²) in [5, 5.41) is 7.18. The first kappa shape index (κ1) is 19.6. The molecule has 0 N–H and O–H groups in total. The Kier molecular flexibility index (Phi) is 5.30. The number of likely N-dealkylation sites (tertiary alicyclic amines) is 1. The number of aromatic nitrogens is 1. The number of hydrogen-bond donors (Lipinski definition) is 0. The standard InChI is InChI=1S/C24H23N5O2/c1-30-24-15-29(9-8-21(24)27-28-25)14-16-6-7-18-12-26-13-20(19(18)10-16)23-11-17-4-2-3-5-22(17)31-23/h2-7,10-13,21,24H,8-9,14-15H2,1H3/t21-,24+/m1/s1. The molecule has 4 aromatic rings. The molecule has 2 aromatic carbocycles. The summed E-state index contributed by atoms with van der Waals surface area (Å²) >= 11 is 0. The summed E-state index contributed by atoms with van der Waals surface area (Å²) < 4.78 is 11.7. The van der Waals surface area contributed by atoms with Crippen molar-refractivity contribution in [1.82, 2.24) is 9.88 Å². The molecule has 5 rings (SSSR count). The van der Waals surface area contributed by atoms with Crippen LogP contribution < -0.4 is 0 Å². The lowest BCUT2D eigenvalue weighted by Gasteiger charge is -2.35. The van der Waals surface area contributed by atoms with E-state index >= 15 is 0 Å². The quantitative estimate of drug-likeness (QED) is 0.244. The zero-order valence-corrected chi connectivity index (χ0v) is 17.3. The summed E-state index contributed by atoms with van der Waals surface area (Å²) in [6.45, 7) is 2.42. The number of rotatable bonds is 5. The maximum absolute atomic E-state index is 8.78. The first-order valence-corrected chi connectivity index (χ1v) is 10.4. The summed E-state index contributed by atoms with van der Waals surface area (Å²) in [5.74, 6) is 0.825. The maximum Gasteiger partial charge on any atom is 0.137 e. The van der Waals surface area contributed by atoms with Crippen LogP contribution in [0.25, 0.3) is 43.5 Å². The molecule has 0 aliphatic carbocycles. The topological polar surface area (TPSA) is 87.3 Å². The van der Waals surface area contributed by atoms with Crippen molar-refractivity contribution < 1.29 is 9.15 Å². The molecule has 7 nitrogen and oxygen atoms in total. The minimum atomic E-state index is -0.103. The monoisotopic (exact) mass is 413 g/mol. The van der Waals surface area contributed by atoms with E-state index in [1.54, 1.807) is 7.11 Å². The van der Waals surface area contributed by atoms with Crippen LogP contribution in [0.5, 0.6) is 0 Å². The molecule has 1 saturated heterocycles. The normalized spacial score (nSPS) is 19.5. The SMILES string of the molecule is CO[C@H]1CN(Cc2ccc3cncc(-c4cc5ccccc5o4)c3c2)CC[C@H]1N=[N+]=[N-]. The number of ether oxygens (including phenoxy) is 1. The number of azide groups is 1. The van der Waals surface area contributed by atoms with E-state index in [9.17, 15) is 0 Å². The van der Waals surface area contributed by atoms with E-state index in [1.165, 1.54) is 5.56 Å². The Morgan fingerprint density at radius 1 is 1.19 bits per heavy atom. The predicted molar refractivity (Wildman–Crippen MR) is 121 cm³/mol. The molecule has 0 unspecified atom stereocenters. The molecular formula is C24H23N5O2. The third-order valence-electron chi connectivity index (χ3n) is 6.03. The Bertz CT molecular complexity index is 1240. The van der Waals surface area contributed by atoms with Crippen molar-refractivity contribution in [2.24, 2.45) is 5.11 Å². The second kappa shape index (κ2) is 8.40. The van der Waals surface area contributed by atoms with Gasteiger partial charge in [-0.05, 0) is 47.6 Å². The highest BCUT2D eigenvalue weighted by Crippen LogP contribution is 2.33. The molecule has 0 spiro atoms. The van der Waals surface area contributed by atoms with Crippen LogP contribution in [0.2, 0.25) is 0 Å². The molecule has 31 heavy (non-hydrogen) atoms. The van der Waals surface area contributed by atoms with Gasteiger partial charge in [0.1, 0.15) is 11.3 Å². The zero-order valence-electron chi connectivity index (χ0n) is 17.3. The van der Waals surface area contributed by atoms with E-state index in [-0.39, 0.29) is 12.1 Å². The number of methoxy groups -OCH3 is 1. The van der Waals surface area contributed by atoms with E-state index in [0.717, 1.165) is 59.1 Å². The number of fused-ring (bicyclic) bond motifs is 2. The number of para-hydroxylation sites is 1. The fourth-order valence-corrected chi connectivity index (χ4v) is 4.42. The van der Waals surface area contributed by atoms with Crippen molar-refractivity contribution in [3.63, 3.8) is 0 Å². The van der Waals surface area contributed by atoms with E-state index < -0.39 is 0 Å². The van der Waals surface area contributed by atoms with Crippen LogP contribution in [0.4, 0.5) is 0 Å². The molecule has 1 fully saturated rings. The fourth-order valence-electron chi connectivity index (χ4n) is 4.42. The van der Waals surface area contributed by atoms with E-state index in [0.29, 0.717) is 0 Å². The van der Waals surface area contributed by atoms with Gasteiger partial charge in [-0.3, -0.25) is 9.88 Å². The minimum Gasteiger partial charge on any atom is -0.456 e. The number of benzene rings is 2. The van der Waals surface area contributed by atoms with Crippen LogP contribution in [0.3, 0.4) is 0 Å². The van der Waals surface area contributed by atoms with Crippen molar-refractivity contribution in [1.29, 1.82) is 0 Å². The van der Waals surface area contributed by atoms with Gasteiger partial charge in [-0.1, -0.05) is 35.4 Å². The lowest BCUT2D eigenvalue weighted by atomic mass is 10.00. The second-order valence-corrected chi connectivity index (χ2v) is 7.96. The second-order valence-electron chi connectivity index (χ2n) is 7.96. The first-order chi connectivity index (χ1) is 15.2. The van der Waals surface area contributed by atoms with Gasteiger partial charge in [-0.15, -0.1) is 0 Å². The third-order valence-corrected chi connectivity index (χ3v) is 6.03. The summed E-state index contributed by atoms with van der Waals surface area (Å²) in [6, 6.07) is 16.5. The zero-order chi connectivity index (χ0) is 21.2. The van der Waals surface area contributed by atoms with Gasteiger partial charge >= 0.3 is 0 Å². The molecule has 3 heterocycles. The van der Waals surface area contributed by atoms with Crippen LogP contribution in [0, 0.1) is 0 Å². The number of furan rings is 1. The van der Waals surface area contributed by atoms with E-state index in [1.807, 2.05) is 30.6 Å². The smallest absolute Gasteiger partial charge is 0.137 e. The number of nitrogens with zero attached hydrogens (tertiary/aromatic N) is 5. The molecule has 1 aliphatic rings. The van der Waals surface area contributed by atoms with Crippen molar-refractivity contribution in [3.05, 3.63) is 76.9 Å². The van der Waals surface area contributed by atoms with Crippen LogP contribution in [-0.2, 0) is 11.3 Å². The molecule has 2 aromatic heterocycles. The first-order valence-electron chi connectivity index (χ1n) is 10.4. The average molecular weight is 413 g/mol. The Morgan fingerprint density at radius 2 is 2.10 bits per heavy atom. The lowest BCUT2D eigenvalue weighted by Crippen LogP contribution is -2.46. The van der Waals surface area contributed by atoms with Gasteiger partial charge in [0.25, 0.3) is 0 Å². The van der Waals surface area contributed by atoms with Crippen LogP contribution >= 0.6 is 0 Å². The average Bonchev–Trinajstić information content (AvgIpc) is 3.24. The highest BCUT2D eigenvalue weighted by Gasteiger charge is 2.28. The van der Waals surface area contributed by atoms with Gasteiger partial charge in [0.2, 0.25) is 0 Å². The highest BCUT2D eigenvalue weighted by molar-refractivity contribution is 5.97. The molecule has 0 amide bonds. The van der Waals surface area contributed by atoms with E-state index in [4.69, 9.17) is 14.7 Å². The number of piperidine rings is 1. The van der Waals surface area contributed by atoms with Gasteiger partial charge in [-0.2, -0.15) is 0 Å². The largest absolute Gasteiger partial charge is 0.456 e. The van der Waals surface area contributed by atoms with Gasteiger partial charge < -0.3 is 9.15 Å². The molecular weight excluding hydrogens is 390 g/mol. The predicted octanol–water partition coefficient (Wildman–Crippen LogP) is 5.55. The van der Waals surface area contributed by atoms with Crippen molar-refractivity contribution >= 4 is 21.7 Å². The van der Waals surface area contributed by atoms with Crippen LogP contribution in [-0.4, -0.2) is 42.2 Å². The van der Waals surface area contributed by atoms with E-state index in [2.05, 4.69) is 50.2 Å². The van der Waals surface area contributed by atoms with Gasteiger partial charge in [-0.25, -0.2) is 0 Å². The lowest BCUT2D eigenvalue weighted by molar-refractivity contribution is 0.0142. The van der Waals surface area contributed by atoms with Gasteiger partial charge in [0.05, 0.1) is 12.1 Å². The van der Waals surface area contributed by atoms with Crippen LogP contribution in [0.1, 0.15) is 12.0 Å². The summed E-state index contributed by atoms with van der Waals surface area (Å²) in [7, 11) is 1.68. The van der Waals surface area contributed by atoms with Gasteiger partial charge in [0, 0.05) is 53.8 Å². The Balaban J connectivity index is 1.45. The third kappa shape index (κ3) is 3.86. The maximum atomic E-state index is 8.78. The van der Waals surface area contributed by atoms with Crippen molar-refractivity contribution in [2.45, 2.75) is 25.1 Å². The Labute approximate surface area is 179 Å². The Morgan fingerprint density at radius 3 is 2.94 bits per heavy atom. The molecule has 156 valence electrons. The Hall–Kier alpha value is -3.38. The molecule has 2 atom stereocenters. The molecule has 0 radical (unpaired) electrons. The molecule has 1 aliphatic heterocycles. The van der Waals surface area contributed by atoms with Crippen molar-refractivity contribution in [2.75, 3.05) is 20.2 Å². The highest BCUT2D eigenvalue weighted by atomic mass is 16.5. The molecule has 0 bridgehead atoms. The number of pyridine rings is 1. The summed E-state index contributed by atoms with van der Waals surface area (Å²) in [5.41, 5.74) is 11.9. The van der Waals surface area contributed by atoms with Crippen LogP contribution in [0.15, 0.2) is 70.5 Å².